The summed E-state index contributed by atoms with van der Waals surface area (Å²) < 4.78 is 5.67. The first kappa shape index (κ1) is 23.1. The van der Waals surface area contributed by atoms with Crippen LogP contribution in [0.3, 0.4) is 0 Å². The maximum atomic E-state index is 9.90. The first-order chi connectivity index (χ1) is 12.5. The topological polar surface area (TPSA) is 65.9 Å². The molecule has 0 unspecified atom stereocenters. The zero-order chi connectivity index (χ0) is 18.9. The molecule has 5 nitrogen and oxygen atoms in total. The lowest BCUT2D eigenvalue weighted by Gasteiger charge is -2.14. The minimum Gasteiger partial charge on any atom is -0.507 e. The van der Waals surface area contributed by atoms with Crippen LogP contribution in [0.15, 0.2) is 41.4 Å². The molecule has 0 saturated heterocycles. The quantitative estimate of drug-likeness (QED) is 0.313. The largest absolute Gasteiger partial charge is 0.507 e. The molecule has 27 heavy (non-hydrogen) atoms. The van der Waals surface area contributed by atoms with E-state index < -0.39 is 0 Å². The number of aromatic hydroxyl groups is 1. The zero-order valence-electron chi connectivity index (χ0n) is 16.5. The van der Waals surface area contributed by atoms with Crippen molar-refractivity contribution in [2.24, 2.45) is 4.99 Å². The number of para-hydroxylation sites is 1. The van der Waals surface area contributed by atoms with Gasteiger partial charge < -0.3 is 20.5 Å². The number of aryl methyl sites for hydroxylation is 2. The van der Waals surface area contributed by atoms with Crippen molar-refractivity contribution < 1.29 is 9.84 Å². The number of rotatable bonds is 7. The molecule has 0 spiro atoms. The molecule has 2 rings (SSSR count). The fraction of sp³-hybridized carbons (Fsp3) is 0.381. The van der Waals surface area contributed by atoms with E-state index >= 15 is 0 Å². The number of hydrogen-bond donors (Lipinski definition) is 3. The van der Waals surface area contributed by atoms with E-state index in [4.69, 9.17) is 4.74 Å². The maximum Gasteiger partial charge on any atom is 0.191 e. The van der Waals surface area contributed by atoms with Crippen LogP contribution in [-0.4, -0.2) is 24.2 Å². The molecule has 3 N–H and O–H groups in total. The second kappa shape index (κ2) is 11.7. The van der Waals surface area contributed by atoms with Crippen molar-refractivity contribution in [1.82, 2.24) is 10.6 Å². The third-order valence-corrected chi connectivity index (χ3v) is 4.03. The summed E-state index contributed by atoms with van der Waals surface area (Å²) in [5.74, 6) is 2.00. The van der Waals surface area contributed by atoms with E-state index in [1.807, 2.05) is 64.1 Å². The van der Waals surface area contributed by atoms with Gasteiger partial charge in [-0.15, -0.1) is 24.0 Å². The molecule has 0 radical (unpaired) electrons. The number of nitrogens with one attached hydrogen (secondary N) is 2. The molecule has 0 atom stereocenters. The van der Waals surface area contributed by atoms with Gasteiger partial charge in [-0.25, -0.2) is 4.99 Å². The summed E-state index contributed by atoms with van der Waals surface area (Å²) in [5.41, 5.74) is 3.92. The van der Waals surface area contributed by atoms with E-state index in [0.717, 1.165) is 40.5 Å². The monoisotopic (exact) mass is 483 g/mol. The highest BCUT2D eigenvalue weighted by Gasteiger charge is 2.06. The standard InChI is InChI=1S/C21H29N3O2.HI/c1-5-22-21(23-13-17-11-15(3)20(25)16(4)12-17)24-14-18-9-7-8-10-19(18)26-6-2;/h7-12,25H,5-6,13-14H2,1-4H3,(H2,22,23,24);1H. The number of halogens is 1. The highest BCUT2D eigenvalue weighted by molar-refractivity contribution is 14.0. The Bertz CT molecular complexity index is 740. The Morgan fingerprint density at radius 1 is 1.07 bits per heavy atom. The maximum absolute atomic E-state index is 9.90. The van der Waals surface area contributed by atoms with Crippen molar-refractivity contribution in [2.45, 2.75) is 40.8 Å². The summed E-state index contributed by atoms with van der Waals surface area (Å²) >= 11 is 0. The van der Waals surface area contributed by atoms with Crippen LogP contribution < -0.4 is 15.4 Å². The Hall–Kier alpha value is -1.96. The number of aliphatic imine (C=N–C) groups is 1. The summed E-state index contributed by atoms with van der Waals surface area (Å²) in [5, 5.41) is 16.5. The number of benzene rings is 2. The highest BCUT2D eigenvalue weighted by atomic mass is 127. The minimum absolute atomic E-state index is 0. The molecule has 0 amide bonds. The van der Waals surface area contributed by atoms with Crippen molar-refractivity contribution in [2.75, 3.05) is 13.2 Å². The molecule has 0 saturated carbocycles. The molecule has 0 bridgehead atoms. The molecule has 2 aromatic carbocycles. The van der Waals surface area contributed by atoms with Crippen LogP contribution in [0.5, 0.6) is 11.5 Å². The lowest BCUT2D eigenvalue weighted by molar-refractivity contribution is 0.336. The second-order valence-electron chi connectivity index (χ2n) is 6.17. The number of guanidine groups is 1. The molecular weight excluding hydrogens is 453 g/mol. The van der Waals surface area contributed by atoms with Crippen LogP contribution in [0.25, 0.3) is 0 Å². The normalized spacial score (nSPS) is 10.9. The van der Waals surface area contributed by atoms with E-state index in [2.05, 4.69) is 15.6 Å². The minimum atomic E-state index is 0. The van der Waals surface area contributed by atoms with Crippen LogP contribution in [-0.2, 0) is 13.1 Å². The van der Waals surface area contributed by atoms with Gasteiger partial charge in [-0.05, 0) is 50.5 Å². The number of hydrogen-bond acceptors (Lipinski definition) is 3. The van der Waals surface area contributed by atoms with Crippen LogP contribution >= 0.6 is 24.0 Å². The van der Waals surface area contributed by atoms with E-state index in [-0.39, 0.29) is 24.0 Å². The van der Waals surface area contributed by atoms with Gasteiger partial charge in [0, 0.05) is 18.7 Å². The van der Waals surface area contributed by atoms with Crippen LogP contribution in [0.4, 0.5) is 0 Å². The Morgan fingerprint density at radius 3 is 2.37 bits per heavy atom. The number of phenols is 1. The van der Waals surface area contributed by atoms with Gasteiger partial charge >= 0.3 is 0 Å². The van der Waals surface area contributed by atoms with Crippen molar-refractivity contribution >= 4 is 29.9 Å². The van der Waals surface area contributed by atoms with Gasteiger partial charge in [-0.2, -0.15) is 0 Å². The third-order valence-electron chi connectivity index (χ3n) is 4.03. The van der Waals surface area contributed by atoms with Gasteiger partial charge in [0.1, 0.15) is 11.5 Å². The van der Waals surface area contributed by atoms with Crippen molar-refractivity contribution in [3.63, 3.8) is 0 Å². The van der Waals surface area contributed by atoms with E-state index in [9.17, 15) is 5.11 Å². The molecule has 6 heteroatoms. The van der Waals surface area contributed by atoms with Crippen LogP contribution in [0.1, 0.15) is 36.1 Å². The summed E-state index contributed by atoms with van der Waals surface area (Å²) in [6.45, 7) is 10.4. The average molecular weight is 483 g/mol. The summed E-state index contributed by atoms with van der Waals surface area (Å²) in [7, 11) is 0. The molecule has 0 aromatic heterocycles. The first-order valence-electron chi connectivity index (χ1n) is 9.07. The van der Waals surface area contributed by atoms with Crippen molar-refractivity contribution in [3.8, 4) is 11.5 Å². The molecule has 0 heterocycles. The second-order valence-corrected chi connectivity index (χ2v) is 6.17. The third kappa shape index (κ3) is 6.93. The number of phenolic OH excluding ortho intramolecular Hbond substituents is 1. The predicted molar refractivity (Wildman–Crippen MR) is 122 cm³/mol. The highest BCUT2D eigenvalue weighted by Crippen LogP contribution is 2.23. The Labute approximate surface area is 179 Å². The van der Waals surface area contributed by atoms with E-state index in [1.54, 1.807) is 0 Å². The van der Waals surface area contributed by atoms with E-state index in [0.29, 0.717) is 25.4 Å². The fourth-order valence-corrected chi connectivity index (χ4v) is 2.77. The summed E-state index contributed by atoms with van der Waals surface area (Å²) in [6.07, 6.45) is 0. The predicted octanol–water partition coefficient (Wildman–Crippen LogP) is 4.28. The molecule has 0 aliphatic heterocycles. The zero-order valence-corrected chi connectivity index (χ0v) is 18.8. The van der Waals surface area contributed by atoms with Crippen molar-refractivity contribution in [1.29, 1.82) is 0 Å². The van der Waals surface area contributed by atoms with Gasteiger partial charge in [0.15, 0.2) is 5.96 Å². The SMILES string of the molecule is CCNC(=NCc1cc(C)c(O)c(C)c1)NCc1ccccc1OCC.I. The smallest absolute Gasteiger partial charge is 0.191 e. The molecule has 0 fully saturated rings. The molecular formula is C21H30IN3O2. The number of ether oxygens (including phenoxy) is 1. The Morgan fingerprint density at radius 2 is 1.74 bits per heavy atom. The van der Waals surface area contributed by atoms with Gasteiger partial charge in [-0.3, -0.25) is 0 Å². The number of nitrogens with zero attached hydrogens (tertiary/aromatic N) is 1. The Balaban J connectivity index is 0.00000364. The fourth-order valence-electron chi connectivity index (χ4n) is 2.77. The van der Waals surface area contributed by atoms with Crippen LogP contribution in [0.2, 0.25) is 0 Å². The molecule has 0 aliphatic rings. The lowest BCUT2D eigenvalue weighted by Crippen LogP contribution is -2.36. The molecule has 0 aliphatic carbocycles. The van der Waals surface area contributed by atoms with Gasteiger partial charge in [0.25, 0.3) is 0 Å². The average Bonchev–Trinajstić information content (AvgIpc) is 2.63. The first-order valence-corrected chi connectivity index (χ1v) is 9.07. The van der Waals surface area contributed by atoms with Crippen LogP contribution in [0, 0.1) is 13.8 Å². The van der Waals surface area contributed by atoms with Gasteiger partial charge in [-0.1, -0.05) is 30.3 Å². The summed E-state index contributed by atoms with van der Waals surface area (Å²) in [6, 6.07) is 12.0. The Kier molecular flexibility index (Phi) is 9.99. The lowest BCUT2D eigenvalue weighted by atomic mass is 10.1. The van der Waals surface area contributed by atoms with Gasteiger partial charge in [0.2, 0.25) is 0 Å². The molecule has 2 aromatic rings. The summed E-state index contributed by atoms with van der Waals surface area (Å²) in [4.78, 5) is 4.66. The van der Waals surface area contributed by atoms with Gasteiger partial charge in [0.05, 0.1) is 13.2 Å². The molecule has 148 valence electrons. The van der Waals surface area contributed by atoms with E-state index in [1.165, 1.54) is 0 Å². The van der Waals surface area contributed by atoms with Crippen molar-refractivity contribution in [3.05, 3.63) is 58.7 Å².